The lowest BCUT2D eigenvalue weighted by molar-refractivity contribution is 0.150. The number of nitrogens with one attached hydrogen (secondary N) is 3. The van der Waals surface area contributed by atoms with E-state index >= 15 is 0 Å². The molecule has 166 valence electrons. The molecule has 1 aromatic heterocycles. The Morgan fingerprint density at radius 3 is 2.60 bits per heavy atom. The Morgan fingerprint density at radius 2 is 1.90 bits per heavy atom. The summed E-state index contributed by atoms with van der Waals surface area (Å²) in [6.45, 7) is 5.57. The Bertz CT molecular complexity index is 816. The molecule has 1 aliphatic carbocycles. The van der Waals surface area contributed by atoms with Crippen LogP contribution in [0.3, 0.4) is 0 Å². The molecule has 1 aliphatic heterocycles. The molecule has 0 spiro atoms. The number of aryl methyl sites for hydroxylation is 1. The van der Waals surface area contributed by atoms with E-state index in [1.165, 1.54) is 73.6 Å². The zero-order valence-corrected chi connectivity index (χ0v) is 20.9. The lowest BCUT2D eigenvalue weighted by Gasteiger charge is -2.36. The summed E-state index contributed by atoms with van der Waals surface area (Å²) in [6.07, 6.45) is 12.3. The van der Waals surface area contributed by atoms with Gasteiger partial charge in [-0.05, 0) is 49.7 Å². The first-order chi connectivity index (χ1) is 14.3. The summed E-state index contributed by atoms with van der Waals surface area (Å²) in [5, 5.41) is 8.54. The van der Waals surface area contributed by atoms with Gasteiger partial charge in [0.1, 0.15) is 0 Å². The Hall–Kier alpha value is -1.28. The number of hydrogen-bond donors (Lipinski definition) is 3. The average Bonchev–Trinajstić information content (AvgIpc) is 3.44. The van der Waals surface area contributed by atoms with Crippen LogP contribution in [0, 0.1) is 0 Å². The van der Waals surface area contributed by atoms with Crippen molar-refractivity contribution in [3.63, 3.8) is 0 Å². The molecule has 1 aromatic carbocycles. The van der Waals surface area contributed by atoms with Gasteiger partial charge in [0, 0.05) is 55.9 Å². The summed E-state index contributed by atoms with van der Waals surface area (Å²) in [6, 6.07) is 8.01. The largest absolute Gasteiger partial charge is 0.361 e. The number of para-hydroxylation sites is 1. The molecule has 30 heavy (non-hydrogen) atoms. The normalized spacial score (nSPS) is 19.2. The van der Waals surface area contributed by atoms with E-state index in [0.29, 0.717) is 6.04 Å². The van der Waals surface area contributed by atoms with Crippen LogP contribution in [-0.2, 0) is 12.8 Å². The fourth-order valence-corrected chi connectivity index (χ4v) is 5.16. The third-order valence-corrected chi connectivity index (χ3v) is 6.89. The second-order valence-electron chi connectivity index (χ2n) is 8.65. The molecule has 4 rings (SSSR count). The minimum Gasteiger partial charge on any atom is -0.361 e. The number of hydrogen-bond acceptors (Lipinski definition) is 2. The van der Waals surface area contributed by atoms with Crippen molar-refractivity contribution in [3.05, 3.63) is 35.5 Å². The molecular weight excluding hydrogens is 485 g/mol. The summed E-state index contributed by atoms with van der Waals surface area (Å²) in [7, 11) is 1.88. The van der Waals surface area contributed by atoms with E-state index in [1.807, 2.05) is 7.05 Å². The highest BCUT2D eigenvalue weighted by molar-refractivity contribution is 14.0. The number of aromatic nitrogens is 1. The monoisotopic (exact) mass is 523 g/mol. The van der Waals surface area contributed by atoms with Gasteiger partial charge in [0.15, 0.2) is 5.96 Å². The van der Waals surface area contributed by atoms with Crippen molar-refractivity contribution >= 4 is 40.8 Å². The Kier molecular flexibility index (Phi) is 8.86. The number of aromatic amines is 1. The van der Waals surface area contributed by atoms with Crippen molar-refractivity contribution in [3.8, 4) is 0 Å². The van der Waals surface area contributed by atoms with Gasteiger partial charge in [0.2, 0.25) is 0 Å². The predicted molar refractivity (Wildman–Crippen MR) is 138 cm³/mol. The zero-order valence-electron chi connectivity index (χ0n) is 18.5. The summed E-state index contributed by atoms with van der Waals surface area (Å²) in [4.78, 5) is 10.7. The number of rotatable bonds is 6. The number of aliphatic imine (C=N–C) groups is 1. The number of halogens is 1. The van der Waals surface area contributed by atoms with Gasteiger partial charge < -0.3 is 20.5 Å². The zero-order chi connectivity index (χ0) is 20.1. The van der Waals surface area contributed by atoms with Gasteiger partial charge in [-0.15, -0.1) is 24.0 Å². The Labute approximate surface area is 198 Å². The van der Waals surface area contributed by atoms with E-state index in [2.05, 4.69) is 56.8 Å². The van der Waals surface area contributed by atoms with Crippen LogP contribution < -0.4 is 10.6 Å². The van der Waals surface area contributed by atoms with Crippen LogP contribution in [0.4, 0.5) is 0 Å². The molecular formula is C24H38IN5. The molecule has 0 atom stereocenters. The van der Waals surface area contributed by atoms with Crippen LogP contribution in [0.15, 0.2) is 29.4 Å². The van der Waals surface area contributed by atoms with E-state index < -0.39 is 0 Å². The molecule has 0 amide bonds. The maximum absolute atomic E-state index is 4.46. The number of piperidine rings is 1. The second-order valence-corrected chi connectivity index (χ2v) is 8.65. The molecule has 1 saturated heterocycles. The fraction of sp³-hybridized carbons (Fsp3) is 0.625. The summed E-state index contributed by atoms with van der Waals surface area (Å²) < 4.78 is 0. The minimum atomic E-state index is 0. The minimum absolute atomic E-state index is 0. The second kappa shape index (κ2) is 11.4. The van der Waals surface area contributed by atoms with Gasteiger partial charge in [-0.1, -0.05) is 38.0 Å². The fourth-order valence-electron chi connectivity index (χ4n) is 5.16. The van der Waals surface area contributed by atoms with Crippen LogP contribution in [-0.4, -0.2) is 54.6 Å². The van der Waals surface area contributed by atoms with E-state index in [-0.39, 0.29) is 24.0 Å². The predicted octanol–water partition coefficient (Wildman–Crippen LogP) is 4.46. The summed E-state index contributed by atoms with van der Waals surface area (Å²) >= 11 is 0. The van der Waals surface area contributed by atoms with Gasteiger partial charge in [-0.25, -0.2) is 0 Å². The van der Waals surface area contributed by atoms with Crippen molar-refractivity contribution < 1.29 is 0 Å². The van der Waals surface area contributed by atoms with Crippen LogP contribution in [0.1, 0.15) is 56.6 Å². The van der Waals surface area contributed by atoms with Crippen molar-refractivity contribution in [1.29, 1.82) is 0 Å². The van der Waals surface area contributed by atoms with E-state index in [9.17, 15) is 0 Å². The summed E-state index contributed by atoms with van der Waals surface area (Å²) in [5.74, 6) is 0.943. The molecule has 2 aromatic rings. The lowest BCUT2D eigenvalue weighted by atomic mass is 10.0. The molecule has 3 N–H and O–H groups in total. The third-order valence-electron chi connectivity index (χ3n) is 6.89. The molecule has 6 heteroatoms. The van der Waals surface area contributed by atoms with Gasteiger partial charge >= 0.3 is 0 Å². The third kappa shape index (κ3) is 5.49. The average molecular weight is 524 g/mol. The van der Waals surface area contributed by atoms with Gasteiger partial charge in [0.25, 0.3) is 0 Å². The van der Waals surface area contributed by atoms with Crippen molar-refractivity contribution in [2.45, 2.75) is 70.4 Å². The molecule has 1 saturated carbocycles. The van der Waals surface area contributed by atoms with Crippen molar-refractivity contribution in [2.24, 2.45) is 4.99 Å². The van der Waals surface area contributed by atoms with Crippen LogP contribution in [0.2, 0.25) is 0 Å². The van der Waals surface area contributed by atoms with Crippen LogP contribution >= 0.6 is 24.0 Å². The first kappa shape index (κ1) is 23.4. The number of likely N-dealkylation sites (tertiary alicyclic amines) is 1. The van der Waals surface area contributed by atoms with Crippen molar-refractivity contribution in [1.82, 2.24) is 20.5 Å². The topological polar surface area (TPSA) is 55.5 Å². The van der Waals surface area contributed by atoms with E-state index in [4.69, 9.17) is 0 Å². The highest BCUT2D eigenvalue weighted by atomic mass is 127. The smallest absolute Gasteiger partial charge is 0.191 e. The highest BCUT2D eigenvalue weighted by Crippen LogP contribution is 2.26. The Morgan fingerprint density at radius 1 is 1.13 bits per heavy atom. The standard InChI is InChI=1S/C24H37N5.HI/c1-3-18-7-6-10-22-19(17-27-23(18)22)11-14-26-24(25-2)28-20-12-15-29(16-13-20)21-8-4-5-9-21;/h6-7,10,17,20-21,27H,3-5,8-9,11-16H2,1-2H3,(H2,25,26,28);1H. The SMILES string of the molecule is CCc1cccc2c(CCNC(=NC)NC3CCN(C4CCCC4)CC3)c[nH]c12.I. The number of guanidine groups is 1. The lowest BCUT2D eigenvalue weighted by Crippen LogP contribution is -2.50. The first-order valence-electron chi connectivity index (χ1n) is 11.6. The van der Waals surface area contributed by atoms with Crippen molar-refractivity contribution in [2.75, 3.05) is 26.7 Å². The molecule has 2 fully saturated rings. The molecule has 0 bridgehead atoms. The number of fused-ring (bicyclic) bond motifs is 1. The molecule has 2 aliphatic rings. The molecule has 0 radical (unpaired) electrons. The molecule has 0 unspecified atom stereocenters. The maximum atomic E-state index is 4.46. The van der Waals surface area contributed by atoms with Gasteiger partial charge in [-0.3, -0.25) is 4.99 Å². The number of nitrogens with zero attached hydrogens (tertiary/aromatic N) is 2. The van der Waals surface area contributed by atoms with Crippen LogP contribution in [0.25, 0.3) is 10.9 Å². The first-order valence-corrected chi connectivity index (χ1v) is 11.6. The number of benzene rings is 1. The van der Waals surface area contributed by atoms with Crippen LogP contribution in [0.5, 0.6) is 0 Å². The maximum Gasteiger partial charge on any atom is 0.191 e. The number of H-pyrrole nitrogens is 1. The highest BCUT2D eigenvalue weighted by Gasteiger charge is 2.27. The Balaban J connectivity index is 0.00000256. The quantitative estimate of drug-likeness (QED) is 0.298. The van der Waals surface area contributed by atoms with E-state index in [1.54, 1.807) is 0 Å². The summed E-state index contributed by atoms with van der Waals surface area (Å²) in [5.41, 5.74) is 4.06. The van der Waals surface area contributed by atoms with Gasteiger partial charge in [0.05, 0.1) is 0 Å². The molecule has 5 nitrogen and oxygen atoms in total. The van der Waals surface area contributed by atoms with Gasteiger partial charge in [-0.2, -0.15) is 0 Å². The van der Waals surface area contributed by atoms with E-state index in [0.717, 1.165) is 31.4 Å². The molecule has 2 heterocycles.